The Morgan fingerprint density at radius 2 is 1.73 bits per heavy atom. The number of carbonyl (C=O) groups excluding carboxylic acids is 2. The molecular formula is C33H36ClN3O3. The third-order valence-corrected chi connectivity index (χ3v) is 8.08. The Hall–Kier alpha value is -3.61. The Balaban J connectivity index is 1.39. The molecule has 0 saturated carbocycles. The molecule has 1 fully saturated rings. The highest BCUT2D eigenvalue weighted by atomic mass is 35.5. The zero-order valence-electron chi connectivity index (χ0n) is 23.1. The van der Waals surface area contributed by atoms with Crippen LogP contribution in [-0.2, 0) is 22.4 Å². The highest BCUT2D eigenvalue weighted by Crippen LogP contribution is 2.34. The molecule has 3 aromatic rings. The first-order chi connectivity index (χ1) is 19.4. The molecule has 2 amide bonds. The molecular weight excluding hydrogens is 522 g/mol. The van der Waals surface area contributed by atoms with E-state index < -0.39 is 0 Å². The number of nitrogens with one attached hydrogen (secondary N) is 1. The number of fused-ring (bicyclic) bond motifs is 2. The summed E-state index contributed by atoms with van der Waals surface area (Å²) in [4.78, 5) is 30.0. The van der Waals surface area contributed by atoms with Crippen LogP contribution in [0.15, 0.2) is 84.4 Å². The topological polar surface area (TPSA) is 61.9 Å². The number of halogens is 1. The van der Waals surface area contributed by atoms with Crippen molar-refractivity contribution in [3.05, 3.63) is 106 Å². The van der Waals surface area contributed by atoms with Gasteiger partial charge in [0, 0.05) is 51.6 Å². The second kappa shape index (κ2) is 12.7. The minimum atomic E-state index is -0.203. The third kappa shape index (κ3) is 6.57. The van der Waals surface area contributed by atoms with Crippen LogP contribution in [0.1, 0.15) is 30.0 Å². The summed E-state index contributed by atoms with van der Waals surface area (Å²) in [7, 11) is 1.87. The lowest BCUT2D eigenvalue weighted by atomic mass is 9.82. The first kappa shape index (κ1) is 27.9. The number of piperazine rings is 1. The maximum atomic E-state index is 14.0. The van der Waals surface area contributed by atoms with Gasteiger partial charge in [-0.25, -0.2) is 0 Å². The molecule has 5 rings (SSSR count). The van der Waals surface area contributed by atoms with Crippen molar-refractivity contribution in [2.75, 3.05) is 33.3 Å². The number of para-hydroxylation sites is 1. The quantitative estimate of drug-likeness (QED) is 0.402. The predicted octanol–water partition coefficient (Wildman–Crippen LogP) is 5.01. The molecule has 2 aliphatic heterocycles. The average Bonchev–Trinajstić information content (AvgIpc) is 2.97. The van der Waals surface area contributed by atoms with Crippen LogP contribution in [-0.4, -0.2) is 67.0 Å². The molecule has 0 spiro atoms. The van der Waals surface area contributed by atoms with Gasteiger partial charge in [0.15, 0.2) is 0 Å². The Kier molecular flexibility index (Phi) is 8.88. The number of nitrogens with zero attached hydrogens (tertiary/aromatic N) is 2. The van der Waals surface area contributed by atoms with Crippen LogP contribution in [0.25, 0.3) is 5.57 Å². The molecule has 0 aromatic heterocycles. The van der Waals surface area contributed by atoms with E-state index >= 15 is 0 Å². The molecule has 40 heavy (non-hydrogen) atoms. The molecule has 2 aliphatic rings. The van der Waals surface area contributed by atoms with Crippen LogP contribution < -0.4 is 10.1 Å². The lowest BCUT2D eigenvalue weighted by Crippen LogP contribution is -2.61. The first-order valence-corrected chi connectivity index (χ1v) is 14.3. The number of rotatable bonds is 9. The van der Waals surface area contributed by atoms with Crippen LogP contribution in [0.4, 0.5) is 0 Å². The summed E-state index contributed by atoms with van der Waals surface area (Å²) < 4.78 is 5.92. The molecule has 0 unspecified atom stereocenters. The molecule has 208 valence electrons. The van der Waals surface area contributed by atoms with Gasteiger partial charge in [-0.3, -0.25) is 9.59 Å². The maximum Gasteiger partial charge on any atom is 0.251 e. The van der Waals surface area contributed by atoms with Crippen molar-refractivity contribution in [2.45, 2.75) is 38.3 Å². The van der Waals surface area contributed by atoms with E-state index in [1.807, 2.05) is 65.4 Å². The standard InChI is InChI=1S/C33H36ClN3O3/c1-23(38)37-21-27-20-28(26-12-8-11-25(19-26)16-18-40-31-14-7-6-13-29(31)34)32(30(22-37)35-27)33(39)36(2)17-15-24-9-4-3-5-10-24/h3-14,19,27,30,35H,15-18,20-22H2,1-2H3/t27-,30-/m1/s1. The van der Waals surface area contributed by atoms with Gasteiger partial charge in [-0.2, -0.15) is 0 Å². The molecule has 6 nitrogen and oxygen atoms in total. The number of likely N-dealkylation sites (N-methyl/N-ethyl adjacent to an activating group) is 1. The zero-order valence-corrected chi connectivity index (χ0v) is 23.9. The van der Waals surface area contributed by atoms with E-state index in [1.165, 1.54) is 5.56 Å². The lowest BCUT2D eigenvalue weighted by Gasteiger charge is -2.44. The molecule has 2 atom stereocenters. The predicted molar refractivity (Wildman–Crippen MR) is 159 cm³/mol. The first-order valence-electron chi connectivity index (χ1n) is 13.9. The number of amides is 2. The van der Waals surface area contributed by atoms with E-state index in [0.717, 1.165) is 35.1 Å². The fraction of sp³-hybridized carbons (Fsp3) is 0.333. The maximum absolute atomic E-state index is 14.0. The van der Waals surface area contributed by atoms with E-state index in [1.54, 1.807) is 6.92 Å². The van der Waals surface area contributed by atoms with Crippen molar-refractivity contribution >= 4 is 29.0 Å². The Morgan fingerprint density at radius 3 is 2.50 bits per heavy atom. The fourth-order valence-electron chi connectivity index (χ4n) is 5.63. The van der Waals surface area contributed by atoms with Gasteiger partial charge in [0.25, 0.3) is 5.91 Å². The third-order valence-electron chi connectivity index (χ3n) is 7.77. The van der Waals surface area contributed by atoms with E-state index in [0.29, 0.717) is 43.4 Å². The summed E-state index contributed by atoms with van der Waals surface area (Å²) in [6.45, 7) is 3.86. The average molecular weight is 558 g/mol. The van der Waals surface area contributed by atoms with E-state index in [-0.39, 0.29) is 23.9 Å². The molecule has 1 N–H and O–H groups in total. The van der Waals surface area contributed by atoms with Crippen LogP contribution in [0.5, 0.6) is 5.75 Å². The van der Waals surface area contributed by atoms with Crippen LogP contribution in [0.3, 0.4) is 0 Å². The van der Waals surface area contributed by atoms with E-state index in [2.05, 4.69) is 35.6 Å². The van der Waals surface area contributed by atoms with Crippen LogP contribution in [0.2, 0.25) is 5.02 Å². The van der Waals surface area contributed by atoms with Gasteiger partial charge in [-0.15, -0.1) is 0 Å². The highest BCUT2D eigenvalue weighted by molar-refractivity contribution is 6.32. The molecule has 2 bridgehead atoms. The molecule has 2 heterocycles. The van der Waals surface area contributed by atoms with Crippen molar-refractivity contribution in [3.8, 4) is 5.75 Å². The monoisotopic (exact) mass is 557 g/mol. The molecule has 7 heteroatoms. The Bertz CT molecular complexity index is 1390. The number of ether oxygens (including phenoxy) is 1. The minimum absolute atomic E-state index is 0.0136. The van der Waals surface area contributed by atoms with Crippen molar-refractivity contribution in [1.82, 2.24) is 15.1 Å². The minimum Gasteiger partial charge on any atom is -0.492 e. The highest BCUT2D eigenvalue weighted by Gasteiger charge is 2.39. The normalized spacial score (nSPS) is 18.4. The van der Waals surface area contributed by atoms with Crippen LogP contribution in [0, 0.1) is 0 Å². The van der Waals surface area contributed by atoms with Gasteiger partial charge in [0.05, 0.1) is 17.7 Å². The van der Waals surface area contributed by atoms with Crippen molar-refractivity contribution < 1.29 is 14.3 Å². The number of carbonyl (C=O) groups is 2. The number of hydrogen-bond donors (Lipinski definition) is 1. The summed E-state index contributed by atoms with van der Waals surface area (Å²) in [5, 5.41) is 4.24. The van der Waals surface area contributed by atoms with E-state index in [9.17, 15) is 9.59 Å². The molecule has 0 aliphatic carbocycles. The van der Waals surface area contributed by atoms with Gasteiger partial charge >= 0.3 is 0 Å². The SMILES string of the molecule is CC(=O)N1C[C@H]2CC(c3cccc(CCOc4ccccc4Cl)c3)=C(C(=O)N(C)CCc3ccccc3)[C@@H](C1)N2. The fourth-order valence-corrected chi connectivity index (χ4v) is 5.82. The van der Waals surface area contributed by atoms with E-state index in [4.69, 9.17) is 16.3 Å². The summed E-state index contributed by atoms with van der Waals surface area (Å²) >= 11 is 6.24. The Morgan fingerprint density at radius 1 is 0.975 bits per heavy atom. The molecule has 3 aromatic carbocycles. The number of hydrogen-bond acceptors (Lipinski definition) is 4. The van der Waals surface area contributed by atoms with Gasteiger partial charge in [0.2, 0.25) is 5.91 Å². The summed E-state index contributed by atoms with van der Waals surface area (Å²) in [5.41, 5.74) is 5.23. The second-order valence-electron chi connectivity index (χ2n) is 10.6. The van der Waals surface area contributed by atoms with Crippen molar-refractivity contribution in [1.29, 1.82) is 0 Å². The lowest BCUT2D eigenvalue weighted by molar-refractivity contribution is -0.132. The van der Waals surface area contributed by atoms with Gasteiger partial charge in [-0.1, -0.05) is 78.3 Å². The molecule has 0 radical (unpaired) electrons. The van der Waals surface area contributed by atoms with Gasteiger partial charge < -0.3 is 19.9 Å². The number of benzene rings is 3. The van der Waals surface area contributed by atoms with Gasteiger partial charge in [-0.05, 0) is 47.2 Å². The smallest absolute Gasteiger partial charge is 0.251 e. The summed E-state index contributed by atoms with van der Waals surface area (Å²) in [6, 6.07) is 26.0. The second-order valence-corrected chi connectivity index (χ2v) is 11.0. The largest absolute Gasteiger partial charge is 0.492 e. The Labute approximate surface area is 241 Å². The zero-order chi connectivity index (χ0) is 28.1. The van der Waals surface area contributed by atoms with Crippen molar-refractivity contribution in [3.63, 3.8) is 0 Å². The molecule has 1 saturated heterocycles. The summed E-state index contributed by atoms with van der Waals surface area (Å²) in [6.07, 6.45) is 2.19. The van der Waals surface area contributed by atoms with Gasteiger partial charge in [0.1, 0.15) is 5.75 Å². The van der Waals surface area contributed by atoms with Crippen LogP contribution >= 0.6 is 11.6 Å². The van der Waals surface area contributed by atoms with Crippen molar-refractivity contribution in [2.24, 2.45) is 0 Å². The summed E-state index contributed by atoms with van der Waals surface area (Å²) in [5.74, 6) is 0.736.